The Kier molecular flexibility index (Phi) is 7.01. The summed E-state index contributed by atoms with van der Waals surface area (Å²) in [6.45, 7) is 1.14. The Labute approximate surface area is 208 Å². The van der Waals surface area contributed by atoms with Gasteiger partial charge in [0.1, 0.15) is 12.4 Å². The number of esters is 1. The van der Waals surface area contributed by atoms with E-state index in [1.54, 1.807) is 22.8 Å². The van der Waals surface area contributed by atoms with Gasteiger partial charge in [0.2, 0.25) is 0 Å². The topological polar surface area (TPSA) is 94.8 Å². The first kappa shape index (κ1) is 25.5. The first-order valence-electron chi connectivity index (χ1n) is 11.0. The third-order valence-electron chi connectivity index (χ3n) is 5.61. The van der Waals surface area contributed by atoms with E-state index in [1.807, 2.05) is 30.3 Å². The number of nitrogens with zero attached hydrogens (tertiary/aromatic N) is 1. The van der Waals surface area contributed by atoms with E-state index in [2.05, 4.69) is 4.74 Å². The second-order valence-corrected chi connectivity index (χ2v) is 8.11. The summed E-state index contributed by atoms with van der Waals surface area (Å²) >= 11 is 0. The monoisotopic (exact) mass is 511 g/mol. The van der Waals surface area contributed by atoms with Crippen LogP contribution in [0.3, 0.4) is 0 Å². The summed E-state index contributed by atoms with van der Waals surface area (Å²) in [5.74, 6) is -3.85. The number of carbonyl (C=O) groups is 3. The van der Waals surface area contributed by atoms with Crippen molar-refractivity contribution in [2.24, 2.45) is 0 Å². The molecule has 3 aromatic carbocycles. The quantitative estimate of drug-likeness (QED) is 0.188. The molecule has 190 valence electrons. The number of halogens is 3. The molecule has 0 aliphatic heterocycles. The fourth-order valence-electron chi connectivity index (χ4n) is 4.06. The number of fused-ring (bicyclic) bond motifs is 1. The lowest BCUT2D eigenvalue weighted by Crippen LogP contribution is -2.17. The second-order valence-electron chi connectivity index (χ2n) is 8.11. The van der Waals surface area contributed by atoms with Crippen LogP contribution < -0.4 is 4.74 Å². The molecular weight excluding hydrogens is 491 g/mol. The van der Waals surface area contributed by atoms with Gasteiger partial charge in [-0.05, 0) is 41.0 Å². The predicted molar refractivity (Wildman–Crippen MR) is 127 cm³/mol. The van der Waals surface area contributed by atoms with Gasteiger partial charge in [0.25, 0.3) is 5.78 Å². The van der Waals surface area contributed by atoms with Gasteiger partial charge in [-0.2, -0.15) is 0 Å². The summed E-state index contributed by atoms with van der Waals surface area (Å²) in [4.78, 5) is 36.1. The van der Waals surface area contributed by atoms with Crippen LogP contribution in [0.1, 0.15) is 28.5 Å². The average molecular weight is 511 g/mol. The summed E-state index contributed by atoms with van der Waals surface area (Å²) in [6.07, 6.45) is -4.83. The molecule has 10 heteroatoms. The summed E-state index contributed by atoms with van der Waals surface area (Å²) in [5.41, 5.74) is 2.52. The number of hydrogen-bond donors (Lipinski definition) is 1. The largest absolute Gasteiger partial charge is 0.573 e. The summed E-state index contributed by atoms with van der Waals surface area (Å²) in [6, 6.07) is 19.4. The zero-order chi connectivity index (χ0) is 26.7. The van der Waals surface area contributed by atoms with E-state index < -0.39 is 29.8 Å². The number of Topliss-reactive ketones (excluding diaryl/α,β-unsaturated/α-hetero) is 1. The molecule has 0 atom stereocenters. The van der Waals surface area contributed by atoms with Gasteiger partial charge in [-0.25, -0.2) is 4.79 Å². The van der Waals surface area contributed by atoms with E-state index in [0.29, 0.717) is 22.0 Å². The molecule has 1 aromatic heterocycles. The number of ether oxygens (including phenoxy) is 2. The van der Waals surface area contributed by atoms with E-state index in [4.69, 9.17) is 4.74 Å². The summed E-state index contributed by atoms with van der Waals surface area (Å²) < 4.78 is 48.3. The van der Waals surface area contributed by atoms with Gasteiger partial charge >= 0.3 is 18.3 Å². The van der Waals surface area contributed by atoms with Crippen molar-refractivity contribution in [2.45, 2.75) is 26.4 Å². The maximum absolute atomic E-state index is 12.8. The lowest BCUT2D eigenvalue weighted by atomic mass is 10.0. The van der Waals surface area contributed by atoms with Gasteiger partial charge in [0.15, 0.2) is 0 Å². The zero-order valence-corrected chi connectivity index (χ0v) is 19.4. The number of carboxylic acids is 1. The highest BCUT2D eigenvalue weighted by Crippen LogP contribution is 2.34. The van der Waals surface area contributed by atoms with Crippen molar-refractivity contribution in [1.29, 1.82) is 0 Å². The number of carboxylic acid groups (broad SMARTS) is 1. The van der Waals surface area contributed by atoms with Crippen molar-refractivity contribution < 1.29 is 42.1 Å². The molecule has 0 unspecified atom stereocenters. The first-order valence-corrected chi connectivity index (χ1v) is 11.0. The van der Waals surface area contributed by atoms with E-state index >= 15 is 0 Å². The number of ketones is 1. The Hall–Kier alpha value is -4.60. The minimum absolute atomic E-state index is 0.126. The van der Waals surface area contributed by atoms with Crippen molar-refractivity contribution in [3.8, 4) is 16.9 Å². The van der Waals surface area contributed by atoms with E-state index in [9.17, 15) is 32.7 Å². The molecule has 0 saturated carbocycles. The molecule has 4 aromatic rings. The number of aliphatic carboxylic acids is 1. The minimum Gasteiger partial charge on any atom is -0.475 e. The normalized spacial score (nSPS) is 11.4. The Morgan fingerprint density at radius 3 is 2.16 bits per heavy atom. The van der Waals surface area contributed by atoms with Crippen molar-refractivity contribution >= 4 is 28.6 Å². The van der Waals surface area contributed by atoms with E-state index in [0.717, 1.165) is 17.7 Å². The molecule has 0 fully saturated rings. The summed E-state index contributed by atoms with van der Waals surface area (Å²) in [7, 11) is 0. The minimum atomic E-state index is -4.83. The van der Waals surface area contributed by atoms with Crippen molar-refractivity contribution in [2.75, 3.05) is 0 Å². The van der Waals surface area contributed by atoms with Gasteiger partial charge in [-0.15, -0.1) is 13.2 Å². The standard InChI is InChI=1S/C27H20F3NO6/c1-16(32)36-15-23-24(25(33)26(34)35)21-13-19(18-7-10-20(11-8-18)37-27(28,29)30)9-12-22(21)31(23)14-17-5-3-2-4-6-17/h2-13H,14-15H2,1H3,(H,34,35). The van der Waals surface area contributed by atoms with Gasteiger partial charge in [0.05, 0.1) is 11.3 Å². The Bertz CT molecular complexity index is 1470. The molecule has 37 heavy (non-hydrogen) atoms. The van der Waals surface area contributed by atoms with Crippen LogP contribution in [-0.4, -0.2) is 33.8 Å². The smallest absolute Gasteiger partial charge is 0.475 e. The fraction of sp³-hybridized carbons (Fsp3) is 0.148. The molecule has 0 amide bonds. The van der Waals surface area contributed by atoms with Gasteiger partial charge in [0, 0.05) is 24.4 Å². The number of hydrogen-bond acceptors (Lipinski definition) is 5. The zero-order valence-electron chi connectivity index (χ0n) is 19.4. The highest BCUT2D eigenvalue weighted by Gasteiger charge is 2.31. The van der Waals surface area contributed by atoms with E-state index in [-0.39, 0.29) is 24.4 Å². The Balaban J connectivity index is 1.88. The lowest BCUT2D eigenvalue weighted by Gasteiger charge is -2.12. The van der Waals surface area contributed by atoms with Crippen LogP contribution in [0.4, 0.5) is 13.2 Å². The fourth-order valence-corrected chi connectivity index (χ4v) is 4.06. The molecule has 4 rings (SSSR count). The molecule has 7 nitrogen and oxygen atoms in total. The van der Waals surface area contributed by atoms with E-state index in [1.165, 1.54) is 19.1 Å². The van der Waals surface area contributed by atoms with Crippen molar-refractivity contribution in [3.63, 3.8) is 0 Å². The van der Waals surface area contributed by atoms with Crippen LogP contribution in [0, 0.1) is 0 Å². The molecule has 0 bridgehead atoms. The van der Waals surface area contributed by atoms with Crippen LogP contribution in [0.5, 0.6) is 5.75 Å². The van der Waals surface area contributed by atoms with Crippen LogP contribution in [0.2, 0.25) is 0 Å². The maximum Gasteiger partial charge on any atom is 0.573 e. The van der Waals surface area contributed by atoms with Gasteiger partial charge in [-0.3, -0.25) is 9.59 Å². The number of benzene rings is 3. The highest BCUT2D eigenvalue weighted by atomic mass is 19.4. The first-order chi connectivity index (χ1) is 17.5. The Morgan fingerprint density at radius 2 is 1.57 bits per heavy atom. The number of rotatable bonds is 8. The molecule has 1 heterocycles. The van der Waals surface area contributed by atoms with Crippen molar-refractivity contribution in [1.82, 2.24) is 4.57 Å². The maximum atomic E-state index is 12.8. The SMILES string of the molecule is CC(=O)OCc1c(C(=O)C(=O)O)c2cc(-c3ccc(OC(F)(F)F)cc3)ccc2n1Cc1ccccc1. The Morgan fingerprint density at radius 1 is 0.919 bits per heavy atom. The number of aromatic nitrogens is 1. The van der Waals surface area contributed by atoms with Crippen LogP contribution >= 0.6 is 0 Å². The lowest BCUT2D eigenvalue weighted by molar-refractivity contribution is -0.274. The molecule has 0 spiro atoms. The molecule has 1 N–H and O–H groups in total. The predicted octanol–water partition coefficient (Wildman–Crippen LogP) is 5.59. The molecule has 0 saturated heterocycles. The molecule has 0 aliphatic carbocycles. The third kappa shape index (κ3) is 5.80. The molecule has 0 aliphatic rings. The number of carbonyl (C=O) groups excluding carboxylic acids is 2. The van der Waals surface area contributed by atoms with Crippen molar-refractivity contribution in [3.05, 3.63) is 89.6 Å². The van der Waals surface area contributed by atoms with Crippen LogP contribution in [0.25, 0.3) is 22.0 Å². The molecular formula is C27H20F3NO6. The summed E-state index contributed by atoms with van der Waals surface area (Å²) in [5, 5.41) is 9.84. The number of alkyl halides is 3. The van der Waals surface area contributed by atoms with Gasteiger partial charge in [-0.1, -0.05) is 48.5 Å². The highest BCUT2D eigenvalue weighted by molar-refractivity contribution is 6.42. The average Bonchev–Trinajstić information content (AvgIpc) is 3.14. The van der Waals surface area contributed by atoms with Crippen LogP contribution in [0.15, 0.2) is 72.8 Å². The van der Waals surface area contributed by atoms with Crippen LogP contribution in [-0.2, 0) is 27.5 Å². The third-order valence-corrected chi connectivity index (χ3v) is 5.61. The molecule has 0 radical (unpaired) electrons. The van der Waals surface area contributed by atoms with Gasteiger partial charge < -0.3 is 19.1 Å². The second kappa shape index (κ2) is 10.2.